The first kappa shape index (κ1) is 11.8. The Morgan fingerprint density at radius 1 is 1.17 bits per heavy atom. The summed E-state index contributed by atoms with van der Waals surface area (Å²) in [6, 6.07) is 8.46. The Kier molecular flexibility index (Phi) is 3.70. The molecule has 6 heteroatoms. The van der Waals surface area contributed by atoms with Crippen molar-refractivity contribution >= 4 is 11.9 Å². The molecule has 0 radical (unpaired) electrons. The third kappa shape index (κ3) is 2.94. The summed E-state index contributed by atoms with van der Waals surface area (Å²) < 4.78 is 5.01. The number of hydrazine groups is 1. The van der Waals surface area contributed by atoms with Crippen LogP contribution in [-0.2, 0) is 0 Å². The molecule has 1 aromatic heterocycles. The lowest BCUT2D eigenvalue weighted by Crippen LogP contribution is -2.30. The molecule has 1 heterocycles. The summed E-state index contributed by atoms with van der Waals surface area (Å²) in [7, 11) is 1.57. The topological polar surface area (TPSA) is 76.1 Å². The molecule has 2 N–H and O–H groups in total. The van der Waals surface area contributed by atoms with Crippen LogP contribution < -0.4 is 15.6 Å². The highest BCUT2D eigenvalue weighted by atomic mass is 16.5. The Hall–Kier alpha value is -2.63. The zero-order valence-corrected chi connectivity index (χ0v) is 9.75. The third-order valence-electron chi connectivity index (χ3n) is 2.21. The van der Waals surface area contributed by atoms with E-state index in [4.69, 9.17) is 4.74 Å². The van der Waals surface area contributed by atoms with Gasteiger partial charge >= 0.3 is 0 Å². The molecule has 0 fully saturated rings. The minimum absolute atomic E-state index is 0.273. The molecule has 18 heavy (non-hydrogen) atoms. The summed E-state index contributed by atoms with van der Waals surface area (Å²) in [6.07, 6.45) is 3.16. The molecule has 2 rings (SSSR count). The number of amides is 1. The molecular formula is C12H12N4O2. The fourth-order valence-corrected chi connectivity index (χ4v) is 1.29. The Bertz CT molecular complexity index is 513. The van der Waals surface area contributed by atoms with E-state index in [1.54, 1.807) is 49.8 Å². The van der Waals surface area contributed by atoms with Crippen molar-refractivity contribution < 1.29 is 9.53 Å². The first-order valence-corrected chi connectivity index (χ1v) is 5.27. The van der Waals surface area contributed by atoms with Gasteiger partial charge in [0.15, 0.2) is 0 Å². The highest BCUT2D eigenvalue weighted by molar-refractivity contribution is 5.94. The van der Waals surface area contributed by atoms with E-state index < -0.39 is 0 Å². The van der Waals surface area contributed by atoms with Crippen LogP contribution in [0.4, 0.5) is 5.95 Å². The van der Waals surface area contributed by atoms with Crippen LogP contribution in [-0.4, -0.2) is 23.0 Å². The number of carbonyl (C=O) groups is 1. The quantitative estimate of drug-likeness (QED) is 0.791. The number of carbonyl (C=O) groups excluding carboxylic acids is 1. The van der Waals surface area contributed by atoms with Crippen molar-refractivity contribution in [3.63, 3.8) is 0 Å². The van der Waals surface area contributed by atoms with Gasteiger partial charge in [0.2, 0.25) is 5.95 Å². The van der Waals surface area contributed by atoms with Crippen LogP contribution in [0.3, 0.4) is 0 Å². The molecule has 0 saturated carbocycles. The van der Waals surface area contributed by atoms with Gasteiger partial charge in [-0.25, -0.2) is 9.97 Å². The van der Waals surface area contributed by atoms with Crippen molar-refractivity contribution in [3.8, 4) is 5.75 Å². The maximum atomic E-state index is 11.7. The van der Waals surface area contributed by atoms with E-state index >= 15 is 0 Å². The number of benzene rings is 1. The maximum Gasteiger partial charge on any atom is 0.269 e. The zero-order valence-electron chi connectivity index (χ0n) is 9.75. The van der Waals surface area contributed by atoms with E-state index in [0.29, 0.717) is 17.3 Å². The molecule has 6 nitrogen and oxygen atoms in total. The molecule has 92 valence electrons. The van der Waals surface area contributed by atoms with E-state index in [1.807, 2.05) is 0 Å². The summed E-state index contributed by atoms with van der Waals surface area (Å²) in [5, 5.41) is 0. The molecular weight excluding hydrogens is 232 g/mol. The number of rotatable bonds is 4. The molecule has 0 bridgehead atoms. The smallest absolute Gasteiger partial charge is 0.269 e. The van der Waals surface area contributed by atoms with E-state index in [2.05, 4.69) is 20.8 Å². The molecule has 0 aliphatic rings. The predicted molar refractivity (Wildman–Crippen MR) is 66.1 cm³/mol. The van der Waals surface area contributed by atoms with Gasteiger partial charge in [-0.1, -0.05) is 0 Å². The average Bonchev–Trinajstić information content (AvgIpc) is 2.46. The van der Waals surface area contributed by atoms with Crippen molar-refractivity contribution in [1.82, 2.24) is 15.4 Å². The Labute approximate surface area is 104 Å². The highest BCUT2D eigenvalue weighted by Gasteiger charge is 2.05. The second-order valence-corrected chi connectivity index (χ2v) is 3.38. The first-order chi connectivity index (χ1) is 8.79. The molecule has 0 saturated heterocycles. The Morgan fingerprint density at radius 2 is 1.83 bits per heavy atom. The van der Waals surface area contributed by atoms with Crippen molar-refractivity contribution in [2.75, 3.05) is 12.5 Å². The minimum atomic E-state index is -0.273. The molecule has 1 amide bonds. The fraction of sp³-hybridized carbons (Fsp3) is 0.0833. The summed E-state index contributed by atoms with van der Waals surface area (Å²) in [6.45, 7) is 0. The molecule has 0 aliphatic carbocycles. The maximum absolute atomic E-state index is 11.7. The van der Waals surface area contributed by atoms with Gasteiger partial charge in [-0.05, 0) is 30.3 Å². The summed E-state index contributed by atoms with van der Waals surface area (Å²) in [4.78, 5) is 19.6. The van der Waals surface area contributed by atoms with Crippen molar-refractivity contribution in [1.29, 1.82) is 0 Å². The number of anilines is 1. The van der Waals surface area contributed by atoms with Gasteiger partial charge < -0.3 is 4.74 Å². The monoisotopic (exact) mass is 244 g/mol. The van der Waals surface area contributed by atoms with Crippen LogP contribution >= 0.6 is 0 Å². The number of nitrogens with one attached hydrogen (secondary N) is 2. The average molecular weight is 244 g/mol. The number of methoxy groups -OCH3 is 1. The SMILES string of the molecule is COc1ccc(C(=O)NNc2ncccn2)cc1. The number of hydrogen-bond donors (Lipinski definition) is 2. The largest absolute Gasteiger partial charge is 0.497 e. The lowest BCUT2D eigenvalue weighted by atomic mass is 10.2. The highest BCUT2D eigenvalue weighted by Crippen LogP contribution is 2.10. The molecule has 0 spiro atoms. The van der Waals surface area contributed by atoms with Gasteiger partial charge in [0.05, 0.1) is 7.11 Å². The first-order valence-electron chi connectivity index (χ1n) is 5.27. The van der Waals surface area contributed by atoms with Crippen LogP contribution in [0.2, 0.25) is 0 Å². The van der Waals surface area contributed by atoms with Gasteiger partial charge in [0.25, 0.3) is 5.91 Å². The second-order valence-electron chi connectivity index (χ2n) is 3.38. The molecule has 1 aromatic carbocycles. The van der Waals surface area contributed by atoms with Gasteiger partial charge in [-0.3, -0.25) is 15.6 Å². The fourth-order valence-electron chi connectivity index (χ4n) is 1.29. The van der Waals surface area contributed by atoms with Gasteiger partial charge in [-0.2, -0.15) is 0 Å². The van der Waals surface area contributed by atoms with Crippen LogP contribution in [0.1, 0.15) is 10.4 Å². The number of ether oxygens (including phenoxy) is 1. The Morgan fingerprint density at radius 3 is 2.44 bits per heavy atom. The van der Waals surface area contributed by atoms with Crippen LogP contribution in [0.15, 0.2) is 42.7 Å². The molecule has 0 aliphatic heterocycles. The van der Waals surface area contributed by atoms with Gasteiger partial charge in [0, 0.05) is 18.0 Å². The third-order valence-corrected chi connectivity index (χ3v) is 2.21. The van der Waals surface area contributed by atoms with E-state index in [0.717, 1.165) is 0 Å². The van der Waals surface area contributed by atoms with Crippen LogP contribution in [0.5, 0.6) is 5.75 Å². The van der Waals surface area contributed by atoms with Crippen molar-refractivity contribution in [2.45, 2.75) is 0 Å². The van der Waals surface area contributed by atoms with Gasteiger partial charge in [-0.15, -0.1) is 0 Å². The van der Waals surface area contributed by atoms with Gasteiger partial charge in [0.1, 0.15) is 5.75 Å². The molecule has 0 atom stereocenters. The lowest BCUT2D eigenvalue weighted by Gasteiger charge is -2.06. The van der Waals surface area contributed by atoms with Crippen molar-refractivity contribution in [2.24, 2.45) is 0 Å². The summed E-state index contributed by atoms with van der Waals surface area (Å²) in [5.41, 5.74) is 5.63. The number of aromatic nitrogens is 2. The number of hydrogen-bond acceptors (Lipinski definition) is 5. The van der Waals surface area contributed by atoms with E-state index in [9.17, 15) is 4.79 Å². The van der Waals surface area contributed by atoms with Crippen molar-refractivity contribution in [3.05, 3.63) is 48.3 Å². The van der Waals surface area contributed by atoms with Crippen LogP contribution in [0.25, 0.3) is 0 Å². The van der Waals surface area contributed by atoms with Crippen LogP contribution in [0, 0.1) is 0 Å². The lowest BCUT2D eigenvalue weighted by molar-refractivity contribution is 0.0962. The standard InChI is InChI=1S/C12H12N4O2/c1-18-10-5-3-9(4-6-10)11(17)15-16-12-13-7-2-8-14-12/h2-8H,1H3,(H,15,17)(H,13,14,16). The normalized spacial score (nSPS) is 9.61. The summed E-state index contributed by atoms with van der Waals surface area (Å²) >= 11 is 0. The second kappa shape index (κ2) is 5.62. The predicted octanol–water partition coefficient (Wildman–Crippen LogP) is 1.24. The van der Waals surface area contributed by atoms with E-state index in [1.165, 1.54) is 0 Å². The van der Waals surface area contributed by atoms with E-state index in [-0.39, 0.29) is 5.91 Å². The summed E-state index contributed by atoms with van der Waals surface area (Å²) in [5.74, 6) is 0.760. The molecule has 2 aromatic rings. The number of nitrogens with zero attached hydrogens (tertiary/aromatic N) is 2. The Balaban J connectivity index is 1.95. The minimum Gasteiger partial charge on any atom is -0.497 e. The zero-order chi connectivity index (χ0) is 12.8. The molecule has 0 unspecified atom stereocenters.